The number of rotatable bonds is 7. The lowest BCUT2D eigenvalue weighted by molar-refractivity contribution is 0.222. The molecule has 0 bridgehead atoms. The van der Waals surface area contributed by atoms with Crippen molar-refractivity contribution in [2.24, 2.45) is 0 Å². The highest BCUT2D eigenvalue weighted by Gasteiger charge is 2.12. The highest BCUT2D eigenvalue weighted by molar-refractivity contribution is 7.07. The van der Waals surface area contributed by atoms with Gasteiger partial charge < -0.3 is 5.32 Å². The van der Waals surface area contributed by atoms with Crippen molar-refractivity contribution in [2.75, 3.05) is 19.6 Å². The van der Waals surface area contributed by atoms with Gasteiger partial charge in [-0.1, -0.05) is 13.8 Å². The highest BCUT2D eigenvalue weighted by Crippen LogP contribution is 2.11. The molecule has 0 radical (unpaired) electrons. The minimum Gasteiger partial charge on any atom is -0.307 e. The van der Waals surface area contributed by atoms with E-state index in [4.69, 9.17) is 0 Å². The Morgan fingerprint density at radius 2 is 2.06 bits per heavy atom. The SMILES string of the molecule is CCN(CC)C(C)CNC(C)c1cscn1. The van der Waals surface area contributed by atoms with Gasteiger partial charge in [0.1, 0.15) is 0 Å². The van der Waals surface area contributed by atoms with Gasteiger partial charge in [0.25, 0.3) is 0 Å². The van der Waals surface area contributed by atoms with Crippen LogP contribution in [0.5, 0.6) is 0 Å². The van der Waals surface area contributed by atoms with Crippen molar-refractivity contribution in [1.29, 1.82) is 0 Å². The largest absolute Gasteiger partial charge is 0.307 e. The van der Waals surface area contributed by atoms with Crippen molar-refractivity contribution < 1.29 is 0 Å². The van der Waals surface area contributed by atoms with Crippen LogP contribution in [-0.2, 0) is 0 Å². The van der Waals surface area contributed by atoms with Crippen molar-refractivity contribution in [1.82, 2.24) is 15.2 Å². The molecule has 16 heavy (non-hydrogen) atoms. The minimum atomic E-state index is 0.351. The first kappa shape index (κ1) is 13.6. The smallest absolute Gasteiger partial charge is 0.0795 e. The Balaban J connectivity index is 2.34. The maximum absolute atomic E-state index is 4.32. The Kier molecular flexibility index (Phi) is 5.95. The Morgan fingerprint density at radius 3 is 2.56 bits per heavy atom. The summed E-state index contributed by atoms with van der Waals surface area (Å²) in [6, 6.07) is 0.931. The molecule has 0 aliphatic heterocycles. The molecule has 0 amide bonds. The summed E-state index contributed by atoms with van der Waals surface area (Å²) in [7, 11) is 0. The van der Waals surface area contributed by atoms with Gasteiger partial charge in [0.15, 0.2) is 0 Å². The van der Waals surface area contributed by atoms with Crippen LogP contribution in [0.25, 0.3) is 0 Å². The van der Waals surface area contributed by atoms with E-state index in [1.54, 1.807) is 11.3 Å². The molecule has 0 aromatic carbocycles. The minimum absolute atomic E-state index is 0.351. The third kappa shape index (κ3) is 3.85. The summed E-state index contributed by atoms with van der Waals surface area (Å²) < 4.78 is 0. The number of hydrogen-bond acceptors (Lipinski definition) is 4. The van der Waals surface area contributed by atoms with E-state index in [1.165, 1.54) is 0 Å². The first-order valence-corrected chi connectivity index (χ1v) is 6.98. The molecule has 0 fully saturated rings. The van der Waals surface area contributed by atoms with E-state index in [0.29, 0.717) is 12.1 Å². The molecule has 0 aliphatic carbocycles. The van der Waals surface area contributed by atoms with Gasteiger partial charge in [0.05, 0.1) is 11.2 Å². The van der Waals surface area contributed by atoms with Gasteiger partial charge in [-0.05, 0) is 26.9 Å². The lowest BCUT2D eigenvalue weighted by Crippen LogP contribution is -2.40. The Bertz CT molecular complexity index is 270. The molecule has 2 atom stereocenters. The molecule has 4 heteroatoms. The van der Waals surface area contributed by atoms with E-state index >= 15 is 0 Å². The standard InChI is InChI=1S/C12H23N3S/c1-5-15(6-2)10(3)7-13-11(4)12-8-16-9-14-12/h8-11,13H,5-7H2,1-4H3. The fraction of sp³-hybridized carbons (Fsp3) is 0.750. The van der Waals surface area contributed by atoms with Crippen LogP contribution in [-0.4, -0.2) is 35.6 Å². The van der Waals surface area contributed by atoms with E-state index in [-0.39, 0.29) is 0 Å². The predicted molar refractivity (Wildman–Crippen MR) is 70.9 cm³/mol. The van der Waals surface area contributed by atoms with Crippen molar-refractivity contribution in [3.05, 3.63) is 16.6 Å². The summed E-state index contributed by atoms with van der Waals surface area (Å²) in [5.74, 6) is 0. The van der Waals surface area contributed by atoms with E-state index in [0.717, 1.165) is 25.3 Å². The molecule has 0 saturated heterocycles. The topological polar surface area (TPSA) is 28.2 Å². The molecule has 92 valence electrons. The van der Waals surface area contributed by atoms with Crippen molar-refractivity contribution >= 4 is 11.3 Å². The number of hydrogen-bond donors (Lipinski definition) is 1. The average Bonchev–Trinajstić information content (AvgIpc) is 2.81. The molecule has 1 aromatic heterocycles. The van der Waals surface area contributed by atoms with Crippen LogP contribution in [0, 0.1) is 0 Å². The Morgan fingerprint density at radius 1 is 1.38 bits per heavy atom. The van der Waals surface area contributed by atoms with Gasteiger partial charge in [0, 0.05) is 24.0 Å². The second kappa shape index (κ2) is 6.99. The summed E-state index contributed by atoms with van der Waals surface area (Å²) in [5, 5.41) is 5.65. The van der Waals surface area contributed by atoms with Crippen molar-refractivity contribution in [2.45, 2.75) is 39.8 Å². The van der Waals surface area contributed by atoms with Gasteiger partial charge in [-0.15, -0.1) is 11.3 Å². The summed E-state index contributed by atoms with van der Waals surface area (Å²) in [6.07, 6.45) is 0. The zero-order valence-electron chi connectivity index (χ0n) is 10.7. The first-order valence-electron chi connectivity index (χ1n) is 6.04. The van der Waals surface area contributed by atoms with Gasteiger partial charge in [-0.3, -0.25) is 4.90 Å². The lowest BCUT2D eigenvalue weighted by atomic mass is 10.2. The van der Waals surface area contributed by atoms with Gasteiger partial charge in [0.2, 0.25) is 0 Å². The third-order valence-corrected chi connectivity index (χ3v) is 3.65. The maximum Gasteiger partial charge on any atom is 0.0795 e. The van der Waals surface area contributed by atoms with Crippen LogP contribution in [0.15, 0.2) is 10.9 Å². The normalized spacial score (nSPS) is 15.3. The van der Waals surface area contributed by atoms with Crippen LogP contribution in [0.3, 0.4) is 0 Å². The molecule has 2 unspecified atom stereocenters. The van der Waals surface area contributed by atoms with Crippen LogP contribution < -0.4 is 5.32 Å². The van der Waals surface area contributed by atoms with Crippen molar-refractivity contribution in [3.8, 4) is 0 Å². The molecule has 1 rings (SSSR count). The molecule has 3 nitrogen and oxygen atoms in total. The van der Waals surface area contributed by atoms with Crippen LogP contribution in [0.1, 0.15) is 39.4 Å². The summed E-state index contributed by atoms with van der Waals surface area (Å²) in [6.45, 7) is 12.1. The molecule has 1 N–H and O–H groups in total. The number of nitrogens with zero attached hydrogens (tertiary/aromatic N) is 2. The van der Waals surface area contributed by atoms with Crippen LogP contribution >= 0.6 is 11.3 Å². The fourth-order valence-corrected chi connectivity index (χ4v) is 2.51. The molecule has 1 heterocycles. The van der Waals surface area contributed by atoms with E-state index in [1.807, 2.05) is 5.51 Å². The van der Waals surface area contributed by atoms with Crippen molar-refractivity contribution in [3.63, 3.8) is 0 Å². The van der Waals surface area contributed by atoms with Gasteiger partial charge in [-0.25, -0.2) is 4.98 Å². The summed E-state index contributed by atoms with van der Waals surface area (Å²) >= 11 is 1.66. The van der Waals surface area contributed by atoms with Crippen LogP contribution in [0.2, 0.25) is 0 Å². The highest BCUT2D eigenvalue weighted by atomic mass is 32.1. The molecule has 0 spiro atoms. The quantitative estimate of drug-likeness (QED) is 0.795. The molecular formula is C12H23N3S. The number of likely N-dealkylation sites (N-methyl/N-ethyl adjacent to an activating group) is 1. The molecule has 0 saturated carbocycles. The van der Waals surface area contributed by atoms with Crippen LogP contribution in [0.4, 0.5) is 0 Å². The Labute approximate surface area is 103 Å². The first-order chi connectivity index (χ1) is 7.69. The monoisotopic (exact) mass is 241 g/mol. The van der Waals surface area contributed by atoms with Gasteiger partial charge >= 0.3 is 0 Å². The second-order valence-electron chi connectivity index (χ2n) is 4.11. The lowest BCUT2D eigenvalue weighted by Gasteiger charge is -2.27. The number of aromatic nitrogens is 1. The third-order valence-electron chi connectivity index (χ3n) is 3.05. The van der Waals surface area contributed by atoms with E-state index in [2.05, 4.69) is 48.3 Å². The summed E-state index contributed by atoms with van der Waals surface area (Å²) in [4.78, 5) is 6.78. The number of thiazole rings is 1. The number of nitrogens with one attached hydrogen (secondary N) is 1. The molecular weight excluding hydrogens is 218 g/mol. The second-order valence-corrected chi connectivity index (χ2v) is 4.83. The average molecular weight is 241 g/mol. The van der Waals surface area contributed by atoms with E-state index < -0.39 is 0 Å². The summed E-state index contributed by atoms with van der Waals surface area (Å²) in [5.41, 5.74) is 3.04. The maximum atomic E-state index is 4.32. The Hall–Kier alpha value is -0.450. The van der Waals surface area contributed by atoms with E-state index in [9.17, 15) is 0 Å². The molecule has 1 aromatic rings. The fourth-order valence-electron chi connectivity index (χ4n) is 1.86. The van der Waals surface area contributed by atoms with Gasteiger partial charge in [-0.2, -0.15) is 0 Å². The molecule has 0 aliphatic rings. The zero-order valence-corrected chi connectivity index (χ0v) is 11.5. The zero-order chi connectivity index (χ0) is 12.0. The predicted octanol–water partition coefficient (Wildman–Crippen LogP) is 2.52.